The topological polar surface area (TPSA) is 87.7 Å². The fourth-order valence-corrected chi connectivity index (χ4v) is 2.48. The molecule has 0 heterocycles. The molecule has 1 unspecified atom stereocenters. The molecule has 0 saturated heterocycles. The lowest BCUT2D eigenvalue weighted by atomic mass is 10.0. The Bertz CT molecular complexity index is 320. The van der Waals surface area contributed by atoms with Crippen LogP contribution in [0.4, 0.5) is 0 Å². The van der Waals surface area contributed by atoms with Gasteiger partial charge in [0, 0.05) is 32.2 Å². The fraction of sp³-hybridized carbons (Fsp3) is 1.00. The first-order valence-corrected chi connectivity index (χ1v) is 6.96. The van der Waals surface area contributed by atoms with Gasteiger partial charge in [-0.3, -0.25) is 0 Å². The van der Waals surface area contributed by atoms with Gasteiger partial charge in [0.25, 0.3) is 10.2 Å². The van der Waals surface area contributed by atoms with Crippen molar-refractivity contribution in [2.24, 2.45) is 0 Å². The molecule has 7 heteroatoms. The monoisotopic (exact) mass is 268 g/mol. The van der Waals surface area contributed by atoms with Gasteiger partial charge in [0.2, 0.25) is 0 Å². The van der Waals surface area contributed by atoms with Gasteiger partial charge in [-0.1, -0.05) is 0 Å². The fourth-order valence-electron chi connectivity index (χ4n) is 1.10. The Hall–Kier alpha value is -0.210. The highest BCUT2D eigenvalue weighted by Gasteiger charge is 2.25. The highest BCUT2D eigenvalue weighted by molar-refractivity contribution is 7.87. The molecule has 0 bridgehead atoms. The van der Waals surface area contributed by atoms with E-state index in [2.05, 4.69) is 9.44 Å². The lowest BCUT2D eigenvalue weighted by Crippen LogP contribution is -2.50. The van der Waals surface area contributed by atoms with Gasteiger partial charge >= 0.3 is 0 Å². The minimum Gasteiger partial charge on any atom is -0.389 e. The summed E-state index contributed by atoms with van der Waals surface area (Å²) in [5, 5.41) is 9.87. The molecule has 6 nitrogen and oxygen atoms in total. The van der Waals surface area contributed by atoms with Crippen molar-refractivity contribution in [3.05, 3.63) is 0 Å². The molecule has 0 fully saturated rings. The Labute approximate surface area is 104 Å². The highest BCUT2D eigenvalue weighted by atomic mass is 32.2. The van der Waals surface area contributed by atoms with E-state index in [1.165, 1.54) is 7.11 Å². The third-order valence-electron chi connectivity index (χ3n) is 1.93. The van der Waals surface area contributed by atoms with Gasteiger partial charge in [-0.05, 0) is 27.7 Å². The summed E-state index contributed by atoms with van der Waals surface area (Å²) in [7, 11) is -2.07. The van der Waals surface area contributed by atoms with E-state index >= 15 is 0 Å². The Kier molecular flexibility index (Phi) is 6.03. The van der Waals surface area contributed by atoms with Crippen LogP contribution >= 0.6 is 0 Å². The molecule has 0 spiro atoms. The van der Waals surface area contributed by atoms with Crippen LogP contribution in [0.15, 0.2) is 0 Å². The molecule has 0 aliphatic rings. The van der Waals surface area contributed by atoms with E-state index in [9.17, 15) is 13.5 Å². The molecule has 0 radical (unpaired) electrons. The number of aliphatic hydroxyl groups is 1. The van der Waals surface area contributed by atoms with Crippen molar-refractivity contribution in [1.29, 1.82) is 0 Å². The quantitative estimate of drug-likeness (QED) is 0.606. The molecule has 0 aliphatic carbocycles. The van der Waals surface area contributed by atoms with Gasteiger partial charge in [-0.25, -0.2) is 0 Å². The van der Waals surface area contributed by atoms with Crippen molar-refractivity contribution in [3.8, 4) is 0 Å². The van der Waals surface area contributed by atoms with Crippen LogP contribution < -0.4 is 9.44 Å². The average molecular weight is 268 g/mol. The van der Waals surface area contributed by atoms with Crippen LogP contribution in [0.1, 0.15) is 34.1 Å². The molecule has 0 aromatic carbocycles. The van der Waals surface area contributed by atoms with Crippen LogP contribution in [0.5, 0.6) is 0 Å². The van der Waals surface area contributed by atoms with Crippen molar-refractivity contribution in [1.82, 2.24) is 9.44 Å². The number of nitrogens with one attached hydrogen (secondary N) is 2. The standard InChI is InChI=1S/C10H24N2O4S/c1-9(2,3)12-17(14,15)11-8-10(4,13)6-7-16-5/h11-13H,6-8H2,1-5H3. The number of hydrogen-bond donors (Lipinski definition) is 3. The van der Waals surface area contributed by atoms with Gasteiger partial charge in [-0.15, -0.1) is 0 Å². The van der Waals surface area contributed by atoms with Gasteiger partial charge in [0.15, 0.2) is 0 Å². The zero-order valence-corrected chi connectivity index (χ0v) is 12.0. The van der Waals surface area contributed by atoms with E-state index in [-0.39, 0.29) is 6.54 Å². The van der Waals surface area contributed by atoms with Crippen LogP contribution in [0.3, 0.4) is 0 Å². The maximum absolute atomic E-state index is 11.6. The Morgan fingerprint density at radius 1 is 1.24 bits per heavy atom. The first-order valence-electron chi connectivity index (χ1n) is 5.47. The van der Waals surface area contributed by atoms with Crippen LogP contribution in [0, 0.1) is 0 Å². The summed E-state index contributed by atoms with van der Waals surface area (Å²) in [6, 6.07) is 0. The number of hydrogen-bond acceptors (Lipinski definition) is 4. The molecule has 1 atom stereocenters. The molecule has 0 amide bonds. The van der Waals surface area contributed by atoms with Crippen LogP contribution in [0.25, 0.3) is 0 Å². The predicted molar refractivity (Wildman–Crippen MR) is 66.9 cm³/mol. The van der Waals surface area contributed by atoms with E-state index in [0.29, 0.717) is 13.0 Å². The SMILES string of the molecule is COCCC(C)(O)CNS(=O)(=O)NC(C)(C)C. The summed E-state index contributed by atoms with van der Waals surface area (Å²) in [5.41, 5.74) is -1.67. The number of ether oxygens (including phenoxy) is 1. The molecule has 0 saturated carbocycles. The third kappa shape index (κ3) is 9.49. The lowest BCUT2D eigenvalue weighted by molar-refractivity contribution is 0.0291. The van der Waals surface area contributed by atoms with E-state index in [4.69, 9.17) is 4.74 Å². The zero-order chi connectivity index (χ0) is 13.7. The summed E-state index contributed by atoms with van der Waals surface area (Å²) >= 11 is 0. The Morgan fingerprint density at radius 2 is 1.76 bits per heavy atom. The summed E-state index contributed by atoms with van der Waals surface area (Å²) in [6.45, 7) is 7.12. The van der Waals surface area contributed by atoms with E-state index in [1.54, 1.807) is 27.7 Å². The van der Waals surface area contributed by atoms with Crippen molar-refractivity contribution in [2.75, 3.05) is 20.3 Å². The molecular formula is C10H24N2O4S. The smallest absolute Gasteiger partial charge is 0.277 e. The third-order valence-corrected chi connectivity index (χ3v) is 3.33. The zero-order valence-electron chi connectivity index (χ0n) is 11.2. The van der Waals surface area contributed by atoms with Gasteiger partial charge in [0.05, 0.1) is 5.60 Å². The second-order valence-corrected chi connectivity index (χ2v) is 6.92. The first-order chi connectivity index (χ1) is 7.47. The van der Waals surface area contributed by atoms with Crippen molar-refractivity contribution in [3.63, 3.8) is 0 Å². The predicted octanol–water partition coefficient (Wildman–Crippen LogP) is -0.00360. The van der Waals surface area contributed by atoms with Crippen LogP contribution in [-0.4, -0.2) is 44.9 Å². The van der Waals surface area contributed by atoms with Gasteiger partial charge in [-0.2, -0.15) is 17.9 Å². The minimum atomic E-state index is -3.60. The van der Waals surface area contributed by atoms with Crippen molar-refractivity contribution in [2.45, 2.75) is 45.3 Å². The molecule has 17 heavy (non-hydrogen) atoms. The molecule has 104 valence electrons. The molecular weight excluding hydrogens is 244 g/mol. The van der Waals surface area contributed by atoms with E-state index < -0.39 is 21.3 Å². The maximum Gasteiger partial charge on any atom is 0.277 e. The van der Waals surface area contributed by atoms with E-state index in [0.717, 1.165) is 0 Å². The number of rotatable bonds is 7. The summed E-state index contributed by atoms with van der Waals surface area (Å²) in [6.07, 6.45) is 0.363. The molecule has 0 aromatic heterocycles. The summed E-state index contributed by atoms with van der Waals surface area (Å²) in [4.78, 5) is 0. The normalized spacial score (nSPS) is 16.8. The molecule has 0 rings (SSSR count). The van der Waals surface area contributed by atoms with Crippen molar-refractivity contribution >= 4 is 10.2 Å². The molecule has 0 aromatic rings. The van der Waals surface area contributed by atoms with Crippen molar-refractivity contribution < 1.29 is 18.3 Å². The average Bonchev–Trinajstić information content (AvgIpc) is 2.08. The van der Waals surface area contributed by atoms with Gasteiger partial charge < -0.3 is 9.84 Å². The van der Waals surface area contributed by atoms with Crippen LogP contribution in [0.2, 0.25) is 0 Å². The molecule has 0 aliphatic heterocycles. The largest absolute Gasteiger partial charge is 0.389 e. The maximum atomic E-state index is 11.6. The Balaban J connectivity index is 4.27. The first kappa shape index (κ1) is 16.8. The second kappa shape index (κ2) is 6.10. The van der Waals surface area contributed by atoms with Gasteiger partial charge in [0.1, 0.15) is 0 Å². The number of methoxy groups -OCH3 is 1. The highest BCUT2D eigenvalue weighted by Crippen LogP contribution is 2.08. The lowest BCUT2D eigenvalue weighted by Gasteiger charge is -2.25. The Morgan fingerprint density at radius 3 is 2.18 bits per heavy atom. The molecule has 3 N–H and O–H groups in total. The summed E-state index contributed by atoms with van der Waals surface area (Å²) < 4.78 is 32.8. The minimum absolute atomic E-state index is 0.0538. The summed E-state index contributed by atoms with van der Waals surface area (Å²) in [5.74, 6) is 0. The van der Waals surface area contributed by atoms with E-state index in [1.807, 2.05) is 0 Å². The van der Waals surface area contributed by atoms with Crippen LogP contribution in [-0.2, 0) is 14.9 Å². The second-order valence-electron chi connectivity index (χ2n) is 5.42.